The van der Waals surface area contributed by atoms with Crippen molar-refractivity contribution in [2.75, 3.05) is 36.4 Å². The van der Waals surface area contributed by atoms with E-state index >= 15 is 0 Å². The molecule has 0 amide bonds. The van der Waals surface area contributed by atoms with Gasteiger partial charge in [0.25, 0.3) is 0 Å². The third-order valence-electron chi connectivity index (χ3n) is 3.16. The number of halogens is 2. The third-order valence-corrected chi connectivity index (χ3v) is 3.49. The Morgan fingerprint density at radius 2 is 1.82 bits per heavy atom. The van der Waals surface area contributed by atoms with E-state index in [1.807, 2.05) is 24.3 Å². The molecule has 22 heavy (non-hydrogen) atoms. The Hall–Kier alpha value is -1.17. The molecule has 124 valence electrons. The van der Waals surface area contributed by atoms with Crippen molar-refractivity contribution in [1.29, 1.82) is 0 Å². The number of hydrogen-bond donors (Lipinski definition) is 2. The Bertz CT molecular complexity index is 437. The zero-order chi connectivity index (χ0) is 16.4. The molecule has 0 aliphatic carbocycles. The number of ether oxygens (including phenoxy) is 1. The summed E-state index contributed by atoms with van der Waals surface area (Å²) in [6, 6.07) is 6.84. The first-order valence-electron chi connectivity index (χ1n) is 7.16. The van der Waals surface area contributed by atoms with E-state index in [1.165, 1.54) is 0 Å². The van der Waals surface area contributed by atoms with Crippen LogP contribution in [0.1, 0.15) is 12.8 Å². The van der Waals surface area contributed by atoms with Gasteiger partial charge in [-0.3, -0.25) is 4.79 Å². The molecule has 0 bridgehead atoms. The number of nitrogens with two attached hydrogens (primary N) is 1. The van der Waals surface area contributed by atoms with Crippen LogP contribution in [0.5, 0.6) is 5.75 Å². The summed E-state index contributed by atoms with van der Waals surface area (Å²) in [5.74, 6) is 0.838. The Balaban J connectivity index is 2.42. The van der Waals surface area contributed by atoms with Crippen molar-refractivity contribution in [3.63, 3.8) is 0 Å². The summed E-state index contributed by atoms with van der Waals surface area (Å²) in [6.45, 7) is 1.91. The van der Waals surface area contributed by atoms with E-state index in [4.69, 9.17) is 38.8 Å². The summed E-state index contributed by atoms with van der Waals surface area (Å²) in [5.41, 5.74) is 6.47. The first-order valence-corrected chi connectivity index (χ1v) is 8.23. The molecule has 1 aromatic rings. The van der Waals surface area contributed by atoms with Crippen LogP contribution in [0.15, 0.2) is 24.3 Å². The van der Waals surface area contributed by atoms with Gasteiger partial charge >= 0.3 is 5.97 Å². The topological polar surface area (TPSA) is 75.8 Å². The Morgan fingerprint density at radius 1 is 1.23 bits per heavy atom. The van der Waals surface area contributed by atoms with E-state index in [-0.39, 0.29) is 0 Å². The quantitative estimate of drug-likeness (QED) is 0.474. The number of carboxylic acids is 1. The molecule has 0 aliphatic heterocycles. The highest BCUT2D eigenvalue weighted by Crippen LogP contribution is 2.20. The first kappa shape index (κ1) is 18.9. The van der Waals surface area contributed by atoms with Gasteiger partial charge in [0, 0.05) is 30.5 Å². The van der Waals surface area contributed by atoms with Crippen molar-refractivity contribution < 1.29 is 14.6 Å². The summed E-state index contributed by atoms with van der Waals surface area (Å²) in [6.07, 6.45) is 0.993. The van der Waals surface area contributed by atoms with Crippen molar-refractivity contribution in [2.45, 2.75) is 18.9 Å². The number of carbonyl (C=O) groups is 1. The van der Waals surface area contributed by atoms with Crippen molar-refractivity contribution in [2.24, 2.45) is 5.73 Å². The lowest BCUT2D eigenvalue weighted by atomic mass is 10.2. The number of rotatable bonds is 11. The maximum atomic E-state index is 10.6. The van der Waals surface area contributed by atoms with Crippen LogP contribution in [0.25, 0.3) is 0 Å². The van der Waals surface area contributed by atoms with E-state index in [0.29, 0.717) is 31.2 Å². The van der Waals surface area contributed by atoms with Crippen LogP contribution in [0, 0.1) is 0 Å². The average Bonchev–Trinajstić information content (AvgIpc) is 2.51. The normalized spacial score (nSPS) is 12.0. The molecule has 1 aromatic carbocycles. The van der Waals surface area contributed by atoms with E-state index < -0.39 is 12.0 Å². The first-order chi connectivity index (χ1) is 10.6. The van der Waals surface area contributed by atoms with Crippen molar-refractivity contribution in [3.05, 3.63) is 24.3 Å². The number of anilines is 1. The van der Waals surface area contributed by atoms with Gasteiger partial charge in [0.05, 0.1) is 6.61 Å². The molecular weight excluding hydrogens is 327 g/mol. The van der Waals surface area contributed by atoms with Gasteiger partial charge < -0.3 is 20.5 Å². The monoisotopic (exact) mass is 348 g/mol. The highest BCUT2D eigenvalue weighted by Gasteiger charge is 2.10. The zero-order valence-electron chi connectivity index (χ0n) is 12.4. The van der Waals surface area contributed by atoms with E-state index in [9.17, 15) is 4.79 Å². The summed E-state index contributed by atoms with van der Waals surface area (Å²) < 4.78 is 5.57. The Morgan fingerprint density at radius 3 is 2.32 bits per heavy atom. The molecule has 0 aliphatic rings. The van der Waals surface area contributed by atoms with Crippen molar-refractivity contribution >= 4 is 34.9 Å². The summed E-state index contributed by atoms with van der Waals surface area (Å²) in [4.78, 5) is 12.7. The lowest BCUT2D eigenvalue weighted by Crippen LogP contribution is -2.30. The number of carboxylic acid groups (broad SMARTS) is 1. The number of benzene rings is 1. The van der Waals surface area contributed by atoms with Crippen molar-refractivity contribution in [3.8, 4) is 5.75 Å². The van der Waals surface area contributed by atoms with Gasteiger partial charge in [0.1, 0.15) is 11.8 Å². The maximum absolute atomic E-state index is 10.6. The van der Waals surface area contributed by atoms with Crippen LogP contribution in [0.3, 0.4) is 0 Å². The van der Waals surface area contributed by atoms with Crippen LogP contribution in [-0.4, -0.2) is 48.6 Å². The fourth-order valence-electron chi connectivity index (χ4n) is 1.94. The van der Waals surface area contributed by atoms with Gasteiger partial charge in [-0.15, -0.1) is 23.2 Å². The third kappa shape index (κ3) is 6.73. The average molecular weight is 349 g/mol. The molecule has 0 unspecified atom stereocenters. The molecular formula is C15H22Cl2N2O3. The van der Waals surface area contributed by atoms with Crippen LogP contribution >= 0.6 is 23.2 Å². The molecule has 0 heterocycles. The molecule has 5 nitrogen and oxygen atoms in total. The van der Waals surface area contributed by atoms with Gasteiger partial charge in [-0.05, 0) is 37.1 Å². The number of hydrogen-bond acceptors (Lipinski definition) is 4. The minimum absolute atomic E-state index is 0.395. The predicted molar refractivity (Wildman–Crippen MR) is 90.4 cm³/mol. The van der Waals surface area contributed by atoms with Gasteiger partial charge in [-0.1, -0.05) is 0 Å². The van der Waals surface area contributed by atoms with Gasteiger partial charge in [-0.25, -0.2) is 0 Å². The highest BCUT2D eigenvalue weighted by molar-refractivity contribution is 6.18. The fraction of sp³-hybridized carbons (Fsp3) is 0.533. The molecule has 0 saturated heterocycles. The SMILES string of the molecule is N[C@@H](CCCOc1ccc(N(CCCl)CCCl)cc1)C(=O)O. The molecule has 1 atom stereocenters. The minimum atomic E-state index is -0.983. The number of nitrogens with zero attached hydrogens (tertiary/aromatic N) is 1. The second-order valence-corrected chi connectivity index (χ2v) is 5.55. The smallest absolute Gasteiger partial charge is 0.320 e. The van der Waals surface area contributed by atoms with E-state index in [1.54, 1.807) is 0 Å². The maximum Gasteiger partial charge on any atom is 0.320 e. The van der Waals surface area contributed by atoms with Crippen LogP contribution in [0.4, 0.5) is 5.69 Å². The number of alkyl halides is 2. The highest BCUT2D eigenvalue weighted by atomic mass is 35.5. The van der Waals surface area contributed by atoms with Gasteiger partial charge in [-0.2, -0.15) is 0 Å². The predicted octanol–water partition coefficient (Wildman–Crippen LogP) is 2.54. The molecule has 0 radical (unpaired) electrons. The van der Waals surface area contributed by atoms with Crippen LogP contribution < -0.4 is 15.4 Å². The molecule has 0 saturated carbocycles. The largest absolute Gasteiger partial charge is 0.494 e. The molecule has 1 rings (SSSR count). The minimum Gasteiger partial charge on any atom is -0.494 e. The second kappa shape index (κ2) is 10.5. The standard InChI is InChI=1S/C15H22Cl2N2O3/c16-7-9-19(10-8-17)12-3-5-13(6-4-12)22-11-1-2-14(18)15(20)21/h3-6,14H,1-2,7-11,18H2,(H,20,21)/t14-/m0/s1. The number of aliphatic carboxylic acids is 1. The molecule has 0 spiro atoms. The van der Waals surface area contributed by atoms with Crippen molar-refractivity contribution in [1.82, 2.24) is 0 Å². The van der Waals surface area contributed by atoms with Crippen LogP contribution in [-0.2, 0) is 4.79 Å². The lowest BCUT2D eigenvalue weighted by molar-refractivity contribution is -0.138. The van der Waals surface area contributed by atoms with E-state index in [0.717, 1.165) is 24.5 Å². The lowest BCUT2D eigenvalue weighted by Gasteiger charge is -2.23. The summed E-state index contributed by atoms with van der Waals surface area (Å²) >= 11 is 11.6. The molecule has 3 N–H and O–H groups in total. The van der Waals surface area contributed by atoms with Gasteiger partial charge in [0.2, 0.25) is 0 Å². The molecule has 0 aromatic heterocycles. The summed E-state index contributed by atoms with van der Waals surface area (Å²) in [7, 11) is 0. The zero-order valence-corrected chi connectivity index (χ0v) is 13.9. The van der Waals surface area contributed by atoms with Gasteiger partial charge in [0.15, 0.2) is 0 Å². The molecule has 0 fully saturated rings. The molecule has 7 heteroatoms. The summed E-state index contributed by atoms with van der Waals surface area (Å²) in [5, 5.41) is 8.68. The van der Waals surface area contributed by atoms with E-state index in [2.05, 4.69) is 4.90 Å². The van der Waals surface area contributed by atoms with Crippen LogP contribution in [0.2, 0.25) is 0 Å². The Labute approximate surface area is 140 Å². The fourth-order valence-corrected chi connectivity index (χ4v) is 2.35. The second-order valence-electron chi connectivity index (χ2n) is 4.79. The Kier molecular flexibility index (Phi) is 9.04.